The fraction of sp³-hybridized carbons (Fsp3) is 0.100. The maximum atomic E-state index is 12.0. The van der Waals surface area contributed by atoms with Crippen LogP contribution in [0.4, 0.5) is 5.69 Å². The molecule has 0 aliphatic heterocycles. The number of para-hydroxylation sites is 1. The molecule has 2 aromatic carbocycles. The molecule has 0 fully saturated rings. The first-order chi connectivity index (χ1) is 13.1. The molecule has 136 valence electrons. The number of aromatic nitrogens is 2. The molecule has 1 aromatic heterocycles. The van der Waals surface area contributed by atoms with Crippen LogP contribution in [0.3, 0.4) is 0 Å². The van der Waals surface area contributed by atoms with Crippen molar-refractivity contribution in [3.8, 4) is 17.0 Å². The van der Waals surface area contributed by atoms with E-state index in [-0.39, 0.29) is 17.6 Å². The summed E-state index contributed by atoms with van der Waals surface area (Å²) in [6.45, 7) is 1.72. The summed E-state index contributed by atoms with van der Waals surface area (Å²) in [5.74, 6) is 0.991. The number of benzene rings is 2. The molecule has 0 bridgehead atoms. The Kier molecular flexibility index (Phi) is 6.06. The molecular weight excluding hydrogens is 360 g/mol. The van der Waals surface area contributed by atoms with Gasteiger partial charge in [0, 0.05) is 17.4 Å². The van der Waals surface area contributed by atoms with Gasteiger partial charge in [0.2, 0.25) is 0 Å². The highest BCUT2D eigenvalue weighted by Crippen LogP contribution is 2.20. The van der Waals surface area contributed by atoms with Crippen molar-refractivity contribution in [1.29, 1.82) is 0 Å². The SMILES string of the molecule is Cc1nccc(-c2cccc(NC(=S)NC(=O)COc3ccccc3)c2)n1. The van der Waals surface area contributed by atoms with Crippen molar-refractivity contribution in [3.05, 3.63) is 72.7 Å². The molecule has 2 N–H and O–H groups in total. The van der Waals surface area contributed by atoms with E-state index in [0.29, 0.717) is 11.6 Å². The van der Waals surface area contributed by atoms with Gasteiger partial charge in [-0.25, -0.2) is 9.97 Å². The Morgan fingerprint density at radius 3 is 2.70 bits per heavy atom. The number of carbonyl (C=O) groups excluding carboxylic acids is 1. The number of nitrogens with one attached hydrogen (secondary N) is 2. The minimum atomic E-state index is -0.334. The van der Waals surface area contributed by atoms with Crippen LogP contribution in [0.1, 0.15) is 5.82 Å². The van der Waals surface area contributed by atoms with Crippen LogP contribution >= 0.6 is 12.2 Å². The van der Waals surface area contributed by atoms with Crippen LogP contribution in [0.2, 0.25) is 0 Å². The van der Waals surface area contributed by atoms with E-state index in [1.165, 1.54) is 0 Å². The van der Waals surface area contributed by atoms with Crippen molar-refractivity contribution < 1.29 is 9.53 Å². The summed E-state index contributed by atoms with van der Waals surface area (Å²) in [6.07, 6.45) is 1.72. The van der Waals surface area contributed by atoms with E-state index in [2.05, 4.69) is 20.6 Å². The second kappa shape index (κ2) is 8.86. The average molecular weight is 378 g/mol. The van der Waals surface area contributed by atoms with Crippen molar-refractivity contribution in [2.75, 3.05) is 11.9 Å². The predicted molar refractivity (Wildman–Crippen MR) is 109 cm³/mol. The zero-order valence-corrected chi connectivity index (χ0v) is 15.5. The Bertz CT molecular complexity index is 947. The molecule has 3 rings (SSSR count). The van der Waals surface area contributed by atoms with Crippen LogP contribution < -0.4 is 15.4 Å². The van der Waals surface area contributed by atoms with Crippen molar-refractivity contribution in [2.45, 2.75) is 6.92 Å². The standard InChI is InChI=1S/C20H18N4O2S/c1-14-21-11-10-18(22-14)15-6-5-7-16(12-15)23-20(27)24-19(25)13-26-17-8-3-2-4-9-17/h2-12H,13H2,1H3,(H2,23,24,25,27). The van der Waals surface area contributed by atoms with E-state index in [4.69, 9.17) is 17.0 Å². The maximum absolute atomic E-state index is 12.0. The molecular formula is C20H18N4O2S. The van der Waals surface area contributed by atoms with E-state index in [0.717, 1.165) is 16.9 Å². The second-order valence-corrected chi connectivity index (χ2v) is 6.08. The van der Waals surface area contributed by atoms with Gasteiger partial charge in [0.1, 0.15) is 11.6 Å². The summed E-state index contributed by atoms with van der Waals surface area (Å²) in [4.78, 5) is 20.5. The lowest BCUT2D eigenvalue weighted by atomic mass is 10.1. The number of hydrogen-bond donors (Lipinski definition) is 2. The number of aryl methyl sites for hydroxylation is 1. The van der Waals surface area contributed by atoms with Crippen molar-refractivity contribution in [3.63, 3.8) is 0 Å². The molecule has 27 heavy (non-hydrogen) atoms. The van der Waals surface area contributed by atoms with Crippen LogP contribution in [0.15, 0.2) is 66.9 Å². The third-order valence-electron chi connectivity index (χ3n) is 3.56. The number of anilines is 1. The number of carbonyl (C=O) groups is 1. The minimum Gasteiger partial charge on any atom is -0.484 e. The van der Waals surface area contributed by atoms with Gasteiger partial charge in [0.25, 0.3) is 5.91 Å². The fourth-order valence-corrected chi connectivity index (χ4v) is 2.60. The van der Waals surface area contributed by atoms with Gasteiger partial charge >= 0.3 is 0 Å². The van der Waals surface area contributed by atoms with E-state index in [1.807, 2.05) is 55.5 Å². The lowest BCUT2D eigenvalue weighted by Gasteiger charge is -2.11. The number of nitrogens with zero attached hydrogens (tertiary/aromatic N) is 2. The molecule has 0 spiro atoms. The number of rotatable bonds is 5. The largest absolute Gasteiger partial charge is 0.484 e. The van der Waals surface area contributed by atoms with Gasteiger partial charge in [-0.3, -0.25) is 10.1 Å². The fourth-order valence-electron chi connectivity index (χ4n) is 2.36. The zero-order chi connectivity index (χ0) is 19.1. The van der Waals surface area contributed by atoms with Gasteiger partial charge in [0.15, 0.2) is 11.7 Å². The van der Waals surface area contributed by atoms with Crippen LogP contribution in [0.5, 0.6) is 5.75 Å². The molecule has 0 aliphatic carbocycles. The Hall–Kier alpha value is -3.32. The van der Waals surface area contributed by atoms with Gasteiger partial charge in [-0.05, 0) is 49.5 Å². The molecule has 7 heteroatoms. The van der Waals surface area contributed by atoms with Crippen molar-refractivity contribution in [2.24, 2.45) is 0 Å². The zero-order valence-electron chi connectivity index (χ0n) is 14.7. The molecule has 0 atom stereocenters. The molecule has 0 radical (unpaired) electrons. The van der Waals surface area contributed by atoms with E-state index in [9.17, 15) is 4.79 Å². The smallest absolute Gasteiger partial charge is 0.264 e. The highest BCUT2D eigenvalue weighted by Gasteiger charge is 2.07. The quantitative estimate of drug-likeness (QED) is 0.663. The number of ether oxygens (including phenoxy) is 1. The van der Waals surface area contributed by atoms with Crippen molar-refractivity contribution >= 4 is 28.9 Å². The highest BCUT2D eigenvalue weighted by atomic mass is 32.1. The summed E-state index contributed by atoms with van der Waals surface area (Å²) in [7, 11) is 0. The number of thiocarbonyl (C=S) groups is 1. The summed E-state index contributed by atoms with van der Waals surface area (Å²) in [5, 5.41) is 5.80. The molecule has 6 nitrogen and oxygen atoms in total. The third kappa shape index (κ3) is 5.58. The van der Waals surface area contributed by atoms with Crippen LogP contribution in [0, 0.1) is 6.92 Å². The van der Waals surface area contributed by atoms with Crippen molar-refractivity contribution in [1.82, 2.24) is 15.3 Å². The highest BCUT2D eigenvalue weighted by molar-refractivity contribution is 7.80. The molecule has 0 aliphatic rings. The molecule has 3 aromatic rings. The average Bonchev–Trinajstić information content (AvgIpc) is 2.67. The molecule has 0 saturated heterocycles. The molecule has 0 unspecified atom stereocenters. The summed E-state index contributed by atoms with van der Waals surface area (Å²) in [6, 6.07) is 18.6. The Labute approximate surface area is 162 Å². The first-order valence-electron chi connectivity index (χ1n) is 8.29. The minimum absolute atomic E-state index is 0.119. The first kappa shape index (κ1) is 18.5. The Morgan fingerprint density at radius 1 is 1.11 bits per heavy atom. The van der Waals surface area contributed by atoms with Gasteiger partial charge < -0.3 is 10.1 Å². The van der Waals surface area contributed by atoms with Gasteiger partial charge in [-0.15, -0.1) is 0 Å². The molecule has 1 amide bonds. The normalized spacial score (nSPS) is 10.1. The van der Waals surface area contributed by atoms with Crippen LogP contribution in [0.25, 0.3) is 11.3 Å². The topological polar surface area (TPSA) is 76.1 Å². The maximum Gasteiger partial charge on any atom is 0.264 e. The van der Waals surface area contributed by atoms with E-state index < -0.39 is 0 Å². The summed E-state index contributed by atoms with van der Waals surface area (Å²) in [5.41, 5.74) is 2.49. The second-order valence-electron chi connectivity index (χ2n) is 5.67. The summed E-state index contributed by atoms with van der Waals surface area (Å²) < 4.78 is 5.39. The Morgan fingerprint density at radius 2 is 1.93 bits per heavy atom. The lowest BCUT2D eigenvalue weighted by Crippen LogP contribution is -2.37. The van der Waals surface area contributed by atoms with Gasteiger partial charge in [-0.1, -0.05) is 30.3 Å². The summed E-state index contributed by atoms with van der Waals surface area (Å²) >= 11 is 5.20. The number of hydrogen-bond acceptors (Lipinski definition) is 5. The third-order valence-corrected chi connectivity index (χ3v) is 3.76. The lowest BCUT2D eigenvalue weighted by molar-refractivity contribution is -0.121. The van der Waals surface area contributed by atoms with E-state index in [1.54, 1.807) is 18.3 Å². The number of amides is 1. The Balaban J connectivity index is 1.56. The van der Waals surface area contributed by atoms with Gasteiger partial charge in [0.05, 0.1) is 5.69 Å². The molecule has 0 saturated carbocycles. The van der Waals surface area contributed by atoms with Crippen LogP contribution in [-0.2, 0) is 4.79 Å². The van der Waals surface area contributed by atoms with Gasteiger partial charge in [-0.2, -0.15) is 0 Å². The van der Waals surface area contributed by atoms with Crippen LogP contribution in [-0.4, -0.2) is 27.6 Å². The predicted octanol–water partition coefficient (Wildman–Crippen LogP) is 3.34. The monoisotopic (exact) mass is 378 g/mol. The molecule has 1 heterocycles. The first-order valence-corrected chi connectivity index (χ1v) is 8.70. The van der Waals surface area contributed by atoms with E-state index >= 15 is 0 Å².